The Morgan fingerprint density at radius 1 is 0.773 bits per heavy atom. The number of para-hydroxylation sites is 1. The van der Waals surface area contributed by atoms with E-state index in [1.54, 1.807) is 12.3 Å². The summed E-state index contributed by atoms with van der Waals surface area (Å²) in [7, 11) is 0. The molecule has 0 aliphatic carbocycles. The van der Waals surface area contributed by atoms with Gasteiger partial charge in [-0.3, -0.25) is 0 Å². The van der Waals surface area contributed by atoms with Gasteiger partial charge in [0.1, 0.15) is 0 Å². The van der Waals surface area contributed by atoms with Crippen LogP contribution in [0.15, 0.2) is 101 Å². The molecule has 1 aliphatic rings. The minimum absolute atomic E-state index is 0.676. The first kappa shape index (κ1) is 15.4. The van der Waals surface area contributed by atoms with Crippen LogP contribution >= 0.6 is 0 Å². The van der Waals surface area contributed by atoms with Gasteiger partial charge in [-0.15, -0.1) is 5.10 Å². The lowest BCUT2D eigenvalue weighted by atomic mass is 10.1. The van der Waals surface area contributed by atoms with Crippen molar-refractivity contribution in [3.8, 4) is 5.75 Å². The highest BCUT2D eigenvalue weighted by Gasteiger charge is 2.00. The van der Waals surface area contributed by atoms with Gasteiger partial charge in [-0.25, -0.2) is 0 Å². The Bertz CT molecular complexity index is 608. The van der Waals surface area contributed by atoms with Gasteiger partial charge >= 0.3 is 0 Å². The zero-order chi connectivity index (χ0) is 15.3. The number of allylic oxidation sites excluding steroid dienone is 10. The lowest BCUT2D eigenvalue weighted by Crippen LogP contribution is -1.89. The standard InChI is InChI=1S/C18H17N3O/c1-2-4-6-8-12-16-19-20-21-22-18-15-11-10-14-17(18)13-9-7-5-3-1/h1-12,14-16H,13H2. The summed E-state index contributed by atoms with van der Waals surface area (Å²) in [5, 5.41) is 10.9. The van der Waals surface area contributed by atoms with E-state index in [-0.39, 0.29) is 0 Å². The molecule has 0 radical (unpaired) electrons. The molecule has 1 heterocycles. The highest BCUT2D eigenvalue weighted by atomic mass is 16.6. The third-order valence-electron chi connectivity index (χ3n) is 2.72. The lowest BCUT2D eigenvalue weighted by molar-refractivity contribution is 0.303. The van der Waals surface area contributed by atoms with E-state index in [9.17, 15) is 0 Å². The maximum Gasteiger partial charge on any atom is 0.163 e. The van der Waals surface area contributed by atoms with Crippen LogP contribution in [0, 0.1) is 0 Å². The van der Waals surface area contributed by atoms with E-state index in [0.717, 1.165) is 12.0 Å². The Labute approximate surface area is 130 Å². The fraction of sp³-hybridized carbons (Fsp3) is 0.0556. The summed E-state index contributed by atoms with van der Waals surface area (Å²) in [6, 6.07) is 7.71. The molecule has 0 spiro atoms. The van der Waals surface area contributed by atoms with Gasteiger partial charge in [-0.05, 0) is 23.8 Å². The zero-order valence-corrected chi connectivity index (χ0v) is 12.1. The summed E-state index contributed by atoms with van der Waals surface area (Å²) in [6.07, 6.45) is 21.7. The molecule has 22 heavy (non-hydrogen) atoms. The highest BCUT2D eigenvalue weighted by molar-refractivity contribution is 5.71. The summed E-state index contributed by atoms with van der Waals surface area (Å²) >= 11 is 0. The molecule has 0 saturated carbocycles. The Morgan fingerprint density at radius 2 is 1.45 bits per heavy atom. The van der Waals surface area contributed by atoms with Gasteiger partial charge in [0.2, 0.25) is 0 Å². The Morgan fingerprint density at radius 3 is 2.27 bits per heavy atom. The van der Waals surface area contributed by atoms with Crippen molar-refractivity contribution in [2.24, 2.45) is 15.6 Å². The predicted octanol–water partition coefficient (Wildman–Crippen LogP) is 4.76. The third-order valence-corrected chi connectivity index (χ3v) is 2.72. The molecule has 2 rings (SSSR count). The van der Waals surface area contributed by atoms with Crippen LogP contribution in [0.1, 0.15) is 5.56 Å². The van der Waals surface area contributed by atoms with E-state index in [1.807, 2.05) is 72.9 Å². The summed E-state index contributed by atoms with van der Waals surface area (Å²) in [4.78, 5) is 5.28. The minimum atomic E-state index is 0.676. The normalized spacial score (nSPS) is 15.1. The summed E-state index contributed by atoms with van der Waals surface area (Å²) in [5.74, 6) is 0.676. The van der Waals surface area contributed by atoms with Crippen LogP contribution in [0.2, 0.25) is 0 Å². The van der Waals surface area contributed by atoms with E-state index in [2.05, 4.69) is 21.7 Å². The quantitative estimate of drug-likeness (QED) is 0.680. The molecule has 0 amide bonds. The maximum atomic E-state index is 5.28. The predicted molar refractivity (Wildman–Crippen MR) is 89.8 cm³/mol. The number of rotatable bonds is 0. The van der Waals surface area contributed by atoms with Crippen LogP contribution in [-0.2, 0) is 6.42 Å². The van der Waals surface area contributed by atoms with Crippen LogP contribution < -0.4 is 4.84 Å². The van der Waals surface area contributed by atoms with E-state index in [0.29, 0.717) is 5.75 Å². The van der Waals surface area contributed by atoms with Crippen molar-refractivity contribution in [2.75, 3.05) is 0 Å². The van der Waals surface area contributed by atoms with Crippen LogP contribution in [0.4, 0.5) is 0 Å². The second kappa shape index (κ2) is 9.83. The number of benzene rings is 1. The largest absolute Gasteiger partial charge is 0.338 e. The fourth-order valence-electron chi connectivity index (χ4n) is 1.69. The maximum absolute atomic E-state index is 5.28. The highest BCUT2D eigenvalue weighted by Crippen LogP contribution is 2.19. The van der Waals surface area contributed by atoms with Gasteiger partial charge in [0.05, 0.1) is 11.5 Å². The molecular formula is C18H17N3O. The fourth-order valence-corrected chi connectivity index (χ4v) is 1.69. The molecule has 0 bridgehead atoms. The van der Waals surface area contributed by atoms with Crippen molar-refractivity contribution in [3.63, 3.8) is 0 Å². The van der Waals surface area contributed by atoms with Gasteiger partial charge in [-0.2, -0.15) is 0 Å². The molecule has 0 unspecified atom stereocenters. The average molecular weight is 291 g/mol. The second-order valence-electron chi connectivity index (χ2n) is 4.31. The van der Waals surface area contributed by atoms with Gasteiger partial charge in [0.15, 0.2) is 5.75 Å². The van der Waals surface area contributed by atoms with Gasteiger partial charge in [0.25, 0.3) is 0 Å². The van der Waals surface area contributed by atoms with Crippen molar-refractivity contribution >= 4 is 6.21 Å². The Hall–Kier alpha value is -3.01. The first-order chi connectivity index (χ1) is 11.0. The number of hydrogen-bond acceptors (Lipinski definition) is 4. The molecule has 0 N–H and O–H groups in total. The lowest BCUT2D eigenvalue weighted by Gasteiger charge is -2.02. The average Bonchev–Trinajstić information content (AvgIpc) is 2.55. The summed E-state index contributed by atoms with van der Waals surface area (Å²) in [6.45, 7) is 0. The van der Waals surface area contributed by atoms with Crippen molar-refractivity contribution < 1.29 is 4.84 Å². The van der Waals surface area contributed by atoms with E-state index in [4.69, 9.17) is 4.84 Å². The third kappa shape index (κ3) is 5.96. The molecule has 4 nitrogen and oxygen atoms in total. The Kier molecular flexibility index (Phi) is 6.87. The van der Waals surface area contributed by atoms with Crippen LogP contribution in [0.5, 0.6) is 5.75 Å². The smallest absolute Gasteiger partial charge is 0.163 e. The van der Waals surface area contributed by atoms with Crippen molar-refractivity contribution in [1.82, 2.24) is 0 Å². The molecule has 1 aromatic carbocycles. The van der Waals surface area contributed by atoms with Gasteiger partial charge < -0.3 is 4.84 Å². The van der Waals surface area contributed by atoms with E-state index >= 15 is 0 Å². The molecule has 4 heteroatoms. The number of hydrogen-bond donors (Lipinski definition) is 0. The summed E-state index contributed by atoms with van der Waals surface area (Å²) in [5.41, 5.74) is 1.04. The van der Waals surface area contributed by atoms with Crippen LogP contribution in [0.25, 0.3) is 0 Å². The molecule has 0 atom stereocenters. The van der Waals surface area contributed by atoms with Gasteiger partial charge in [-0.1, -0.05) is 72.9 Å². The molecule has 1 aliphatic heterocycles. The first-order valence-electron chi connectivity index (χ1n) is 6.97. The van der Waals surface area contributed by atoms with Crippen LogP contribution in [-0.4, -0.2) is 6.21 Å². The van der Waals surface area contributed by atoms with Crippen molar-refractivity contribution in [1.29, 1.82) is 0 Å². The SMILES string of the molecule is C1=CC=CC=CCc2ccccc2ON=NN=CC=CC=C1. The first-order valence-corrected chi connectivity index (χ1v) is 6.97. The van der Waals surface area contributed by atoms with E-state index < -0.39 is 0 Å². The molecule has 0 fully saturated rings. The zero-order valence-electron chi connectivity index (χ0n) is 12.1. The monoisotopic (exact) mass is 291 g/mol. The molecular weight excluding hydrogens is 274 g/mol. The molecule has 0 aromatic heterocycles. The minimum Gasteiger partial charge on any atom is -0.338 e. The van der Waals surface area contributed by atoms with Crippen molar-refractivity contribution in [3.05, 3.63) is 90.6 Å². The van der Waals surface area contributed by atoms with Gasteiger partial charge in [0, 0.05) is 5.56 Å². The molecule has 110 valence electrons. The van der Waals surface area contributed by atoms with Crippen LogP contribution in [0.3, 0.4) is 0 Å². The van der Waals surface area contributed by atoms with E-state index in [1.165, 1.54) is 0 Å². The van der Waals surface area contributed by atoms with Crippen molar-refractivity contribution in [2.45, 2.75) is 6.42 Å². The number of fused-ring (bicyclic) bond motifs is 1. The topological polar surface area (TPSA) is 46.3 Å². The molecule has 1 aromatic rings. The number of nitrogens with zero attached hydrogens (tertiary/aromatic N) is 3. The second-order valence-corrected chi connectivity index (χ2v) is 4.31. The Balaban J connectivity index is 2.15. The molecule has 0 saturated heterocycles. The summed E-state index contributed by atoms with van der Waals surface area (Å²) < 4.78 is 0.